The van der Waals surface area contributed by atoms with Crippen LogP contribution in [0.1, 0.15) is 18.4 Å². The third-order valence-corrected chi connectivity index (χ3v) is 3.46. The fourth-order valence-corrected chi connectivity index (χ4v) is 2.32. The minimum absolute atomic E-state index is 0.230. The predicted octanol–water partition coefficient (Wildman–Crippen LogP) is 2.49. The summed E-state index contributed by atoms with van der Waals surface area (Å²) in [5.74, 6) is -1.57. The minimum atomic E-state index is -0.448. The number of carbonyl (C=O) groups is 2. The van der Waals surface area contributed by atoms with E-state index in [9.17, 15) is 9.59 Å². The Labute approximate surface area is 118 Å². The van der Waals surface area contributed by atoms with Crippen molar-refractivity contribution in [1.82, 2.24) is 0 Å². The Bertz CT molecular complexity index is 492. The second-order valence-electron chi connectivity index (χ2n) is 4.77. The molecule has 1 aliphatic rings. The molecule has 1 aromatic carbocycles. The van der Waals surface area contributed by atoms with Crippen molar-refractivity contribution in [1.29, 1.82) is 0 Å². The molecule has 0 amide bonds. The Morgan fingerprint density at radius 3 is 2.25 bits per heavy atom. The van der Waals surface area contributed by atoms with E-state index < -0.39 is 11.8 Å². The number of esters is 2. The van der Waals surface area contributed by atoms with Crippen LogP contribution in [-0.4, -0.2) is 19.0 Å². The fraction of sp³-hybridized carbons (Fsp3) is 0.375. The van der Waals surface area contributed by atoms with Gasteiger partial charge in [0.05, 0.1) is 18.9 Å². The highest BCUT2D eigenvalue weighted by molar-refractivity contribution is 5.82. The number of benzene rings is 1. The summed E-state index contributed by atoms with van der Waals surface area (Å²) in [6, 6.07) is 9.48. The zero-order valence-electron chi connectivity index (χ0n) is 11.5. The summed E-state index contributed by atoms with van der Waals surface area (Å²) in [5, 5.41) is 0. The van der Waals surface area contributed by atoms with Crippen molar-refractivity contribution in [2.75, 3.05) is 7.11 Å². The van der Waals surface area contributed by atoms with Gasteiger partial charge in [-0.1, -0.05) is 42.5 Å². The summed E-state index contributed by atoms with van der Waals surface area (Å²) >= 11 is 0. The monoisotopic (exact) mass is 274 g/mol. The highest BCUT2D eigenvalue weighted by Gasteiger charge is 2.35. The molecule has 0 bridgehead atoms. The number of hydrogen-bond donors (Lipinski definition) is 0. The Morgan fingerprint density at radius 2 is 1.65 bits per heavy atom. The number of ether oxygens (including phenoxy) is 2. The van der Waals surface area contributed by atoms with Gasteiger partial charge in [-0.15, -0.1) is 0 Å². The Hall–Kier alpha value is -2.10. The second kappa shape index (κ2) is 6.89. The fourth-order valence-electron chi connectivity index (χ4n) is 2.32. The van der Waals surface area contributed by atoms with Gasteiger partial charge in [-0.05, 0) is 18.4 Å². The van der Waals surface area contributed by atoms with Crippen LogP contribution in [0.2, 0.25) is 0 Å². The lowest BCUT2D eigenvalue weighted by Gasteiger charge is -2.24. The van der Waals surface area contributed by atoms with Crippen LogP contribution in [0.25, 0.3) is 0 Å². The van der Waals surface area contributed by atoms with Crippen LogP contribution in [0.4, 0.5) is 0 Å². The molecule has 4 heteroatoms. The van der Waals surface area contributed by atoms with E-state index >= 15 is 0 Å². The topological polar surface area (TPSA) is 52.6 Å². The lowest BCUT2D eigenvalue weighted by atomic mass is 9.83. The van der Waals surface area contributed by atoms with Gasteiger partial charge in [0.25, 0.3) is 0 Å². The van der Waals surface area contributed by atoms with Crippen molar-refractivity contribution in [3.63, 3.8) is 0 Å². The summed E-state index contributed by atoms with van der Waals surface area (Å²) < 4.78 is 10.1. The van der Waals surface area contributed by atoms with Crippen LogP contribution < -0.4 is 0 Å². The summed E-state index contributed by atoms with van der Waals surface area (Å²) in [5.41, 5.74) is 0.932. The molecular weight excluding hydrogens is 256 g/mol. The third kappa shape index (κ3) is 3.47. The highest BCUT2D eigenvalue weighted by Crippen LogP contribution is 2.28. The van der Waals surface area contributed by atoms with Gasteiger partial charge in [0.15, 0.2) is 0 Å². The first-order valence-corrected chi connectivity index (χ1v) is 6.65. The van der Waals surface area contributed by atoms with Crippen LogP contribution in [0.15, 0.2) is 42.5 Å². The van der Waals surface area contributed by atoms with Crippen molar-refractivity contribution in [2.24, 2.45) is 11.8 Å². The molecular formula is C16H18O4. The molecule has 1 aliphatic carbocycles. The third-order valence-electron chi connectivity index (χ3n) is 3.46. The van der Waals surface area contributed by atoms with Gasteiger partial charge in [-0.3, -0.25) is 9.59 Å². The van der Waals surface area contributed by atoms with Gasteiger partial charge in [0.1, 0.15) is 6.61 Å². The van der Waals surface area contributed by atoms with E-state index in [1.807, 2.05) is 42.5 Å². The van der Waals surface area contributed by atoms with Crippen LogP contribution in [0.5, 0.6) is 0 Å². The molecule has 2 atom stereocenters. The lowest BCUT2D eigenvalue weighted by Crippen LogP contribution is -2.33. The number of methoxy groups -OCH3 is 1. The SMILES string of the molecule is COC(=O)[C@@H]1CC=CC[C@@H]1C(=O)OCc1ccccc1. The van der Waals surface area contributed by atoms with E-state index in [1.165, 1.54) is 7.11 Å². The molecule has 0 unspecified atom stereocenters. The minimum Gasteiger partial charge on any atom is -0.469 e. The van der Waals surface area contributed by atoms with E-state index in [2.05, 4.69) is 0 Å². The standard InChI is InChI=1S/C16H18O4/c1-19-15(17)13-9-5-6-10-14(13)16(18)20-11-12-7-3-2-4-8-12/h2-8,13-14H,9-11H2,1H3/t13-,14+/m1/s1. The number of rotatable bonds is 4. The first kappa shape index (κ1) is 14.3. The lowest BCUT2D eigenvalue weighted by molar-refractivity contribution is -0.160. The van der Waals surface area contributed by atoms with E-state index in [4.69, 9.17) is 9.47 Å². The summed E-state index contributed by atoms with van der Waals surface area (Å²) in [6.07, 6.45) is 4.86. The summed E-state index contributed by atoms with van der Waals surface area (Å²) in [6.45, 7) is 0.230. The largest absolute Gasteiger partial charge is 0.469 e. The van der Waals surface area contributed by atoms with Gasteiger partial charge in [-0.2, -0.15) is 0 Å². The van der Waals surface area contributed by atoms with Crippen molar-refractivity contribution in [3.05, 3.63) is 48.0 Å². The molecule has 1 aromatic rings. The van der Waals surface area contributed by atoms with Gasteiger partial charge in [-0.25, -0.2) is 0 Å². The molecule has 106 valence electrons. The Kier molecular flexibility index (Phi) is 4.93. The molecule has 0 radical (unpaired) electrons. The molecule has 0 fully saturated rings. The quantitative estimate of drug-likeness (QED) is 0.625. The molecule has 0 heterocycles. The van der Waals surface area contributed by atoms with Gasteiger partial charge in [0, 0.05) is 0 Å². The molecule has 0 spiro atoms. The van der Waals surface area contributed by atoms with Crippen molar-refractivity contribution in [2.45, 2.75) is 19.4 Å². The van der Waals surface area contributed by atoms with Crippen molar-refractivity contribution in [3.8, 4) is 0 Å². The number of carbonyl (C=O) groups excluding carboxylic acids is 2. The van der Waals surface area contributed by atoms with Crippen LogP contribution >= 0.6 is 0 Å². The molecule has 0 aliphatic heterocycles. The van der Waals surface area contributed by atoms with Gasteiger partial charge in [0.2, 0.25) is 0 Å². The average molecular weight is 274 g/mol. The Balaban J connectivity index is 1.96. The maximum atomic E-state index is 12.1. The van der Waals surface area contributed by atoms with Crippen LogP contribution in [0, 0.1) is 11.8 Å². The summed E-state index contributed by atoms with van der Waals surface area (Å²) in [7, 11) is 1.34. The first-order valence-electron chi connectivity index (χ1n) is 6.65. The zero-order chi connectivity index (χ0) is 14.4. The maximum absolute atomic E-state index is 12.1. The zero-order valence-corrected chi connectivity index (χ0v) is 11.5. The van der Waals surface area contributed by atoms with E-state index in [0.29, 0.717) is 12.8 Å². The molecule has 0 aromatic heterocycles. The smallest absolute Gasteiger partial charge is 0.310 e. The van der Waals surface area contributed by atoms with Gasteiger partial charge < -0.3 is 9.47 Å². The molecule has 0 N–H and O–H groups in total. The molecule has 2 rings (SSSR count). The average Bonchev–Trinajstić information content (AvgIpc) is 2.52. The van der Waals surface area contributed by atoms with Crippen LogP contribution in [0.3, 0.4) is 0 Å². The number of hydrogen-bond acceptors (Lipinski definition) is 4. The Morgan fingerprint density at radius 1 is 1.05 bits per heavy atom. The number of allylic oxidation sites excluding steroid dienone is 2. The first-order chi connectivity index (χ1) is 9.72. The summed E-state index contributed by atoms with van der Waals surface area (Å²) in [4.78, 5) is 23.8. The van der Waals surface area contributed by atoms with Gasteiger partial charge >= 0.3 is 11.9 Å². The molecule has 0 saturated heterocycles. The molecule has 20 heavy (non-hydrogen) atoms. The molecule has 0 saturated carbocycles. The normalized spacial score (nSPS) is 21.2. The van der Waals surface area contributed by atoms with E-state index in [0.717, 1.165) is 5.56 Å². The van der Waals surface area contributed by atoms with E-state index in [-0.39, 0.29) is 18.5 Å². The predicted molar refractivity (Wildman–Crippen MR) is 73.6 cm³/mol. The maximum Gasteiger partial charge on any atom is 0.310 e. The second-order valence-corrected chi connectivity index (χ2v) is 4.77. The van der Waals surface area contributed by atoms with E-state index in [1.54, 1.807) is 0 Å². The van der Waals surface area contributed by atoms with Crippen LogP contribution in [-0.2, 0) is 25.7 Å². The van der Waals surface area contributed by atoms with Crippen molar-refractivity contribution < 1.29 is 19.1 Å². The molecule has 4 nitrogen and oxygen atoms in total. The van der Waals surface area contributed by atoms with Crippen molar-refractivity contribution >= 4 is 11.9 Å². The highest BCUT2D eigenvalue weighted by atomic mass is 16.5.